The number of ether oxygens (including phenoxy) is 2. The van der Waals surface area contributed by atoms with Crippen molar-refractivity contribution in [2.75, 3.05) is 37.9 Å². The number of ketones is 1. The summed E-state index contributed by atoms with van der Waals surface area (Å²) in [5, 5.41) is 9.25. The van der Waals surface area contributed by atoms with Crippen molar-refractivity contribution in [1.82, 2.24) is 0 Å². The molecule has 0 amide bonds. The van der Waals surface area contributed by atoms with Crippen LogP contribution in [0, 0.1) is 5.92 Å². The Morgan fingerprint density at radius 3 is 2.32 bits per heavy atom. The molecule has 1 aliphatic heterocycles. The largest absolute Gasteiger partial charge is 0.493 e. The molecule has 1 aliphatic rings. The molecule has 148 valence electrons. The summed E-state index contributed by atoms with van der Waals surface area (Å²) in [6, 6.07) is 10.2. The Balaban J connectivity index is 1.69. The minimum absolute atomic E-state index is 0.0814. The molecule has 3 rings (SSSR count). The van der Waals surface area contributed by atoms with Crippen LogP contribution in [0.15, 0.2) is 36.4 Å². The minimum atomic E-state index is -1.04. The first-order valence-electron chi connectivity index (χ1n) is 9.08. The SMILES string of the molecule is COc1ccc(C(=O)C2CCN(c3ccc(N)c(C(=O)O)c3)CC2)cc1OC. The van der Waals surface area contributed by atoms with Crippen LogP contribution < -0.4 is 20.1 Å². The standard InChI is InChI=1S/C21H24N2O5/c1-27-18-6-3-14(11-19(18)28-2)20(24)13-7-9-23(10-8-13)15-4-5-17(22)16(12-15)21(25)26/h3-6,11-13H,7-10,22H2,1-2H3,(H,25,26). The Morgan fingerprint density at radius 2 is 1.71 bits per heavy atom. The van der Waals surface area contributed by atoms with Crippen molar-refractivity contribution >= 4 is 23.1 Å². The van der Waals surface area contributed by atoms with Gasteiger partial charge in [-0.2, -0.15) is 0 Å². The number of anilines is 2. The van der Waals surface area contributed by atoms with E-state index in [1.807, 2.05) is 6.07 Å². The summed E-state index contributed by atoms with van der Waals surface area (Å²) in [6.07, 6.45) is 1.39. The molecular formula is C21H24N2O5. The monoisotopic (exact) mass is 384 g/mol. The average Bonchev–Trinajstić information content (AvgIpc) is 2.73. The Morgan fingerprint density at radius 1 is 1.04 bits per heavy atom. The second-order valence-electron chi connectivity index (χ2n) is 6.77. The lowest BCUT2D eigenvalue weighted by atomic mass is 9.88. The van der Waals surface area contributed by atoms with Crippen LogP contribution in [0.3, 0.4) is 0 Å². The number of nitrogens with two attached hydrogens (primary N) is 1. The van der Waals surface area contributed by atoms with Crippen molar-refractivity contribution < 1.29 is 24.2 Å². The van der Waals surface area contributed by atoms with E-state index in [1.165, 1.54) is 0 Å². The summed E-state index contributed by atoms with van der Waals surface area (Å²) in [5.41, 5.74) is 7.49. The van der Waals surface area contributed by atoms with E-state index in [0.29, 0.717) is 43.0 Å². The molecule has 0 aliphatic carbocycles. The van der Waals surface area contributed by atoms with Crippen LogP contribution in [0.1, 0.15) is 33.6 Å². The Bertz CT molecular complexity index is 888. The quantitative estimate of drug-likeness (QED) is 0.583. The summed E-state index contributed by atoms with van der Waals surface area (Å²) in [7, 11) is 3.10. The molecule has 0 bridgehead atoms. The van der Waals surface area contributed by atoms with Crippen molar-refractivity contribution in [2.45, 2.75) is 12.8 Å². The fraction of sp³-hybridized carbons (Fsp3) is 0.333. The van der Waals surface area contributed by atoms with Gasteiger partial charge in [0.1, 0.15) is 0 Å². The number of carboxylic acids is 1. The van der Waals surface area contributed by atoms with Gasteiger partial charge in [0.15, 0.2) is 17.3 Å². The maximum Gasteiger partial charge on any atom is 0.337 e. The maximum absolute atomic E-state index is 12.9. The van der Waals surface area contributed by atoms with E-state index < -0.39 is 5.97 Å². The molecule has 2 aromatic rings. The highest BCUT2D eigenvalue weighted by molar-refractivity contribution is 5.98. The first-order valence-corrected chi connectivity index (χ1v) is 9.08. The number of hydrogen-bond acceptors (Lipinski definition) is 6. The van der Waals surface area contributed by atoms with Gasteiger partial charge in [-0.3, -0.25) is 4.79 Å². The van der Waals surface area contributed by atoms with Gasteiger partial charge in [0, 0.05) is 35.9 Å². The number of aromatic carboxylic acids is 1. The number of benzene rings is 2. The second kappa shape index (κ2) is 8.21. The van der Waals surface area contributed by atoms with E-state index in [1.54, 1.807) is 44.6 Å². The highest BCUT2D eigenvalue weighted by Gasteiger charge is 2.27. The molecule has 3 N–H and O–H groups in total. The van der Waals surface area contributed by atoms with Crippen molar-refractivity contribution in [3.63, 3.8) is 0 Å². The number of carbonyl (C=O) groups is 2. The first kappa shape index (κ1) is 19.5. The fourth-order valence-electron chi connectivity index (χ4n) is 3.55. The molecule has 0 radical (unpaired) electrons. The molecular weight excluding hydrogens is 360 g/mol. The van der Waals surface area contributed by atoms with E-state index in [-0.39, 0.29) is 23.0 Å². The van der Waals surface area contributed by atoms with Crippen molar-refractivity contribution in [3.05, 3.63) is 47.5 Å². The van der Waals surface area contributed by atoms with E-state index in [2.05, 4.69) is 4.90 Å². The van der Waals surface area contributed by atoms with Crippen molar-refractivity contribution in [3.8, 4) is 11.5 Å². The van der Waals surface area contributed by atoms with Gasteiger partial charge < -0.3 is 25.2 Å². The van der Waals surface area contributed by atoms with Crippen molar-refractivity contribution in [1.29, 1.82) is 0 Å². The summed E-state index contributed by atoms with van der Waals surface area (Å²) < 4.78 is 10.5. The molecule has 28 heavy (non-hydrogen) atoms. The second-order valence-corrected chi connectivity index (χ2v) is 6.77. The van der Waals surface area contributed by atoms with E-state index >= 15 is 0 Å². The zero-order chi connectivity index (χ0) is 20.3. The van der Waals surface area contributed by atoms with Gasteiger partial charge in [-0.25, -0.2) is 4.79 Å². The third kappa shape index (κ3) is 3.88. The first-order chi connectivity index (χ1) is 13.4. The number of nitrogens with zero attached hydrogens (tertiary/aromatic N) is 1. The predicted molar refractivity (Wildman–Crippen MR) is 107 cm³/mol. The lowest BCUT2D eigenvalue weighted by molar-refractivity contribution is 0.0697. The number of rotatable bonds is 6. The zero-order valence-electron chi connectivity index (χ0n) is 16.0. The molecule has 1 fully saturated rings. The highest BCUT2D eigenvalue weighted by Crippen LogP contribution is 2.31. The van der Waals surface area contributed by atoms with Crippen LogP contribution in [0.25, 0.3) is 0 Å². The predicted octanol–water partition coefficient (Wildman–Crippen LogP) is 3.08. The van der Waals surface area contributed by atoms with Crippen molar-refractivity contribution in [2.24, 2.45) is 5.92 Å². The van der Waals surface area contributed by atoms with Crippen LogP contribution in [0.4, 0.5) is 11.4 Å². The molecule has 2 aromatic carbocycles. The molecule has 0 unspecified atom stereocenters. The molecule has 1 heterocycles. The van der Waals surface area contributed by atoms with Gasteiger partial charge in [0.05, 0.1) is 19.8 Å². The normalized spacial score (nSPS) is 14.6. The molecule has 0 aromatic heterocycles. The van der Waals surface area contributed by atoms with Gasteiger partial charge in [-0.15, -0.1) is 0 Å². The van der Waals surface area contributed by atoms with Crippen LogP contribution >= 0.6 is 0 Å². The Hall–Kier alpha value is -3.22. The number of methoxy groups -OCH3 is 2. The number of piperidine rings is 1. The Labute approximate surface area is 163 Å². The molecule has 7 nitrogen and oxygen atoms in total. The van der Waals surface area contributed by atoms with Crippen LogP contribution in [-0.2, 0) is 0 Å². The number of hydrogen-bond donors (Lipinski definition) is 2. The van der Waals surface area contributed by atoms with Gasteiger partial charge in [-0.05, 0) is 49.2 Å². The third-order valence-corrected chi connectivity index (χ3v) is 5.17. The summed E-state index contributed by atoms with van der Waals surface area (Å²) in [6.45, 7) is 1.35. The number of carboxylic acid groups (broad SMARTS) is 1. The summed E-state index contributed by atoms with van der Waals surface area (Å²) >= 11 is 0. The fourth-order valence-corrected chi connectivity index (χ4v) is 3.55. The summed E-state index contributed by atoms with van der Waals surface area (Å²) in [5.74, 6) is 0.0874. The smallest absolute Gasteiger partial charge is 0.337 e. The lowest BCUT2D eigenvalue weighted by Crippen LogP contribution is -2.36. The van der Waals surface area contributed by atoms with E-state index in [4.69, 9.17) is 15.2 Å². The van der Waals surface area contributed by atoms with Gasteiger partial charge in [-0.1, -0.05) is 0 Å². The van der Waals surface area contributed by atoms with Gasteiger partial charge in [0.2, 0.25) is 0 Å². The van der Waals surface area contributed by atoms with Crippen LogP contribution in [0.5, 0.6) is 11.5 Å². The van der Waals surface area contributed by atoms with E-state index in [9.17, 15) is 14.7 Å². The molecule has 0 atom stereocenters. The molecule has 0 saturated carbocycles. The Kier molecular flexibility index (Phi) is 5.73. The number of carbonyl (C=O) groups excluding carboxylic acids is 1. The highest BCUT2D eigenvalue weighted by atomic mass is 16.5. The van der Waals surface area contributed by atoms with Crippen LogP contribution in [0.2, 0.25) is 0 Å². The molecule has 7 heteroatoms. The minimum Gasteiger partial charge on any atom is -0.493 e. The van der Waals surface area contributed by atoms with Crippen LogP contribution in [-0.4, -0.2) is 44.2 Å². The molecule has 0 spiro atoms. The molecule has 1 saturated heterocycles. The van der Waals surface area contributed by atoms with Gasteiger partial charge in [0.25, 0.3) is 0 Å². The topological polar surface area (TPSA) is 102 Å². The maximum atomic E-state index is 12.9. The number of Topliss-reactive ketones (excluding diaryl/α,β-unsaturated/α-hetero) is 1. The zero-order valence-corrected chi connectivity index (χ0v) is 16.0. The summed E-state index contributed by atoms with van der Waals surface area (Å²) in [4.78, 5) is 26.3. The third-order valence-electron chi connectivity index (χ3n) is 5.17. The average molecular weight is 384 g/mol. The van der Waals surface area contributed by atoms with Gasteiger partial charge >= 0.3 is 5.97 Å². The van der Waals surface area contributed by atoms with E-state index in [0.717, 1.165) is 5.69 Å². The number of nitrogen functional groups attached to an aromatic ring is 1. The lowest BCUT2D eigenvalue weighted by Gasteiger charge is -2.33.